The molecule has 0 fully saturated rings. The zero-order valence-electron chi connectivity index (χ0n) is 6.66. The van der Waals surface area contributed by atoms with Gasteiger partial charge in [-0.15, -0.1) is 0 Å². The second-order valence-corrected chi connectivity index (χ2v) is 2.64. The Labute approximate surface area is 66.9 Å². The molecule has 0 aliphatic carbocycles. The molecule has 0 saturated heterocycles. The van der Waals surface area contributed by atoms with Crippen molar-refractivity contribution in [2.75, 3.05) is 7.05 Å². The van der Waals surface area contributed by atoms with Gasteiger partial charge in [-0.1, -0.05) is 13.8 Å². The molecule has 0 bridgehead atoms. The Bertz CT molecular complexity index is 141. The van der Waals surface area contributed by atoms with Gasteiger partial charge in [0.15, 0.2) is 0 Å². The summed E-state index contributed by atoms with van der Waals surface area (Å²) in [6.45, 7) is 4.00. The van der Waals surface area contributed by atoms with E-state index in [9.17, 15) is 0 Å². The highest BCUT2D eigenvalue weighted by Gasteiger charge is 1.94. The molecule has 58 valence electrons. The van der Waals surface area contributed by atoms with E-state index in [0.717, 1.165) is 5.70 Å². The Morgan fingerprint density at radius 3 is 2.40 bits per heavy atom. The third-order valence-electron chi connectivity index (χ3n) is 0.818. The van der Waals surface area contributed by atoms with E-state index in [2.05, 4.69) is 0 Å². The molecule has 1 rings (SSSR count). The van der Waals surface area contributed by atoms with E-state index in [-0.39, 0.29) is 0 Å². The SMILES string of the molecule is CC.CN1C=C(N)C=CS1. The maximum Gasteiger partial charge on any atom is 0.0490 e. The molecule has 1 heterocycles. The average Bonchev–Trinajstić information content (AvgIpc) is 1.91. The third-order valence-corrected chi connectivity index (χ3v) is 1.51. The standard InChI is InChI=1S/C5H8N2S.C2H6/c1-7-4-5(6)2-3-8-7;1-2/h2-4H,6H2,1H3;1-2H3. The number of nitrogens with zero attached hydrogens (tertiary/aromatic N) is 1. The molecule has 0 aromatic carbocycles. The van der Waals surface area contributed by atoms with Crippen molar-refractivity contribution in [3.05, 3.63) is 23.4 Å². The van der Waals surface area contributed by atoms with Crippen molar-refractivity contribution in [2.24, 2.45) is 5.73 Å². The molecule has 1 aliphatic heterocycles. The summed E-state index contributed by atoms with van der Waals surface area (Å²) in [7, 11) is 1.96. The molecule has 1 aliphatic rings. The summed E-state index contributed by atoms with van der Waals surface area (Å²) in [5.74, 6) is 0. The summed E-state index contributed by atoms with van der Waals surface area (Å²) in [4.78, 5) is 0. The summed E-state index contributed by atoms with van der Waals surface area (Å²) in [5, 5.41) is 1.95. The highest BCUT2D eigenvalue weighted by atomic mass is 32.2. The largest absolute Gasteiger partial charge is 0.398 e. The lowest BCUT2D eigenvalue weighted by Gasteiger charge is -2.13. The lowest BCUT2D eigenvalue weighted by Crippen LogP contribution is -2.06. The van der Waals surface area contributed by atoms with Gasteiger partial charge in [0.05, 0.1) is 0 Å². The smallest absolute Gasteiger partial charge is 0.0490 e. The molecule has 0 radical (unpaired) electrons. The predicted molar refractivity (Wildman–Crippen MR) is 48.1 cm³/mol. The van der Waals surface area contributed by atoms with Crippen LogP contribution in [-0.4, -0.2) is 11.4 Å². The second-order valence-electron chi connectivity index (χ2n) is 1.58. The van der Waals surface area contributed by atoms with Crippen molar-refractivity contribution < 1.29 is 0 Å². The van der Waals surface area contributed by atoms with E-state index in [1.165, 1.54) is 0 Å². The van der Waals surface area contributed by atoms with E-state index < -0.39 is 0 Å². The summed E-state index contributed by atoms with van der Waals surface area (Å²) >= 11 is 1.62. The van der Waals surface area contributed by atoms with Crippen LogP contribution < -0.4 is 5.73 Å². The minimum atomic E-state index is 0.811. The number of allylic oxidation sites excluding steroid dienone is 1. The van der Waals surface area contributed by atoms with Crippen molar-refractivity contribution in [3.8, 4) is 0 Å². The Kier molecular flexibility index (Phi) is 4.94. The molecular weight excluding hydrogens is 144 g/mol. The minimum absolute atomic E-state index is 0.811. The van der Waals surface area contributed by atoms with E-state index in [1.807, 2.05) is 42.9 Å². The molecular formula is C7H14N2S. The molecule has 0 atom stereocenters. The highest BCUT2D eigenvalue weighted by molar-refractivity contribution is 8.00. The fourth-order valence-electron chi connectivity index (χ4n) is 0.488. The molecule has 2 nitrogen and oxygen atoms in total. The summed E-state index contributed by atoms with van der Waals surface area (Å²) in [6.07, 6.45) is 3.76. The molecule has 0 amide bonds. The zero-order valence-corrected chi connectivity index (χ0v) is 7.48. The number of hydrogen-bond acceptors (Lipinski definition) is 3. The van der Waals surface area contributed by atoms with Crippen LogP contribution in [0.3, 0.4) is 0 Å². The number of nitrogens with two attached hydrogens (primary N) is 1. The average molecular weight is 158 g/mol. The van der Waals surface area contributed by atoms with Crippen LogP contribution in [0.25, 0.3) is 0 Å². The topological polar surface area (TPSA) is 29.3 Å². The van der Waals surface area contributed by atoms with Crippen molar-refractivity contribution in [1.29, 1.82) is 0 Å². The first-order valence-electron chi connectivity index (χ1n) is 3.32. The molecule has 0 unspecified atom stereocenters. The third kappa shape index (κ3) is 3.45. The molecule has 0 aromatic heterocycles. The van der Waals surface area contributed by atoms with Gasteiger partial charge in [-0.05, 0) is 23.4 Å². The predicted octanol–water partition coefficient (Wildman–Crippen LogP) is 1.92. The Balaban J connectivity index is 0.000000371. The highest BCUT2D eigenvalue weighted by Crippen LogP contribution is 2.14. The van der Waals surface area contributed by atoms with E-state index in [0.29, 0.717) is 0 Å². The maximum atomic E-state index is 5.44. The Hall–Kier alpha value is -0.570. The van der Waals surface area contributed by atoms with Crippen molar-refractivity contribution in [3.63, 3.8) is 0 Å². The normalized spacial score (nSPS) is 15.5. The Morgan fingerprint density at radius 2 is 2.10 bits per heavy atom. The lowest BCUT2D eigenvalue weighted by atomic mass is 10.5. The van der Waals surface area contributed by atoms with Gasteiger partial charge in [0, 0.05) is 18.9 Å². The van der Waals surface area contributed by atoms with Crippen LogP contribution in [0, 0.1) is 0 Å². The summed E-state index contributed by atoms with van der Waals surface area (Å²) in [5.41, 5.74) is 6.26. The first-order valence-corrected chi connectivity index (χ1v) is 4.16. The van der Waals surface area contributed by atoms with Gasteiger partial charge in [-0.3, -0.25) is 0 Å². The number of hydrogen-bond donors (Lipinski definition) is 1. The van der Waals surface area contributed by atoms with Gasteiger partial charge in [0.1, 0.15) is 0 Å². The maximum absolute atomic E-state index is 5.44. The summed E-state index contributed by atoms with van der Waals surface area (Å²) in [6, 6.07) is 0. The van der Waals surface area contributed by atoms with Gasteiger partial charge in [-0.2, -0.15) is 0 Å². The fourth-order valence-corrected chi connectivity index (χ4v) is 1.08. The van der Waals surface area contributed by atoms with E-state index >= 15 is 0 Å². The van der Waals surface area contributed by atoms with Gasteiger partial charge < -0.3 is 10.0 Å². The van der Waals surface area contributed by atoms with Crippen LogP contribution in [-0.2, 0) is 0 Å². The van der Waals surface area contributed by atoms with Crippen molar-refractivity contribution in [2.45, 2.75) is 13.8 Å². The molecule has 0 saturated carbocycles. The van der Waals surface area contributed by atoms with Gasteiger partial charge in [0.25, 0.3) is 0 Å². The lowest BCUT2D eigenvalue weighted by molar-refractivity contribution is 0.767. The van der Waals surface area contributed by atoms with Gasteiger partial charge >= 0.3 is 0 Å². The van der Waals surface area contributed by atoms with E-state index in [4.69, 9.17) is 5.73 Å². The van der Waals surface area contributed by atoms with Gasteiger partial charge in [0.2, 0.25) is 0 Å². The van der Waals surface area contributed by atoms with Gasteiger partial charge in [-0.25, -0.2) is 0 Å². The van der Waals surface area contributed by atoms with E-state index in [1.54, 1.807) is 11.9 Å². The molecule has 0 spiro atoms. The first-order chi connectivity index (χ1) is 4.79. The molecule has 0 aromatic rings. The van der Waals surface area contributed by atoms with Crippen molar-refractivity contribution in [1.82, 2.24) is 4.31 Å². The fraction of sp³-hybridized carbons (Fsp3) is 0.429. The quantitative estimate of drug-likeness (QED) is 0.546. The van der Waals surface area contributed by atoms with Crippen LogP contribution >= 0.6 is 11.9 Å². The van der Waals surface area contributed by atoms with Crippen LogP contribution in [0.5, 0.6) is 0 Å². The van der Waals surface area contributed by atoms with Crippen LogP contribution in [0.4, 0.5) is 0 Å². The molecule has 3 heteroatoms. The van der Waals surface area contributed by atoms with Crippen LogP contribution in [0.1, 0.15) is 13.8 Å². The van der Waals surface area contributed by atoms with Crippen molar-refractivity contribution >= 4 is 11.9 Å². The second kappa shape index (κ2) is 5.23. The molecule has 10 heavy (non-hydrogen) atoms. The molecule has 2 N–H and O–H groups in total. The van der Waals surface area contributed by atoms with Crippen LogP contribution in [0.15, 0.2) is 23.4 Å². The first kappa shape index (κ1) is 9.43. The van der Waals surface area contributed by atoms with Crippen LogP contribution in [0.2, 0.25) is 0 Å². The minimum Gasteiger partial charge on any atom is -0.398 e. The monoisotopic (exact) mass is 158 g/mol. The Morgan fingerprint density at radius 1 is 1.50 bits per heavy atom. The summed E-state index contributed by atoms with van der Waals surface area (Å²) < 4.78 is 1.95. The number of rotatable bonds is 0. The zero-order chi connectivity index (χ0) is 7.98.